The molecule has 0 atom stereocenters. The second kappa shape index (κ2) is 12.5. The molecule has 2 aromatic rings. The van der Waals surface area contributed by atoms with E-state index in [0.717, 1.165) is 60.6 Å². The van der Waals surface area contributed by atoms with Crippen LogP contribution in [0.1, 0.15) is 88.4 Å². The summed E-state index contributed by atoms with van der Waals surface area (Å²) in [6.07, 6.45) is 10.4. The van der Waals surface area contributed by atoms with Crippen LogP contribution in [0.2, 0.25) is 0 Å². The summed E-state index contributed by atoms with van der Waals surface area (Å²) in [7, 11) is 0. The van der Waals surface area contributed by atoms with Crippen molar-refractivity contribution in [2.75, 3.05) is 13.2 Å². The van der Waals surface area contributed by atoms with Crippen LogP contribution in [0.5, 0.6) is 0 Å². The van der Waals surface area contributed by atoms with E-state index in [0.29, 0.717) is 13.2 Å². The largest absolute Gasteiger partial charge is 0.395 e. The fraction of sp³-hybridized carbons (Fsp3) is 0.556. The van der Waals surface area contributed by atoms with E-state index >= 15 is 0 Å². The minimum atomic E-state index is -0.234. The van der Waals surface area contributed by atoms with Crippen LogP contribution in [0.15, 0.2) is 46.8 Å². The number of hydrogen-bond acceptors (Lipinski definition) is 6. The molecular weight excluding hydrogens is 412 g/mol. The number of fused-ring (bicyclic) bond motifs is 1. The van der Waals surface area contributed by atoms with Crippen LogP contribution in [0, 0.1) is 12.3 Å². The van der Waals surface area contributed by atoms with Crippen LogP contribution >= 0.6 is 0 Å². The first-order valence-electron chi connectivity index (χ1n) is 12.2. The molecule has 0 spiro atoms. The Hall–Kier alpha value is -2.76. The Morgan fingerprint density at radius 2 is 1.88 bits per heavy atom. The number of rotatable bonds is 12. The number of hydrogen-bond donors (Lipinski definition) is 0. The lowest BCUT2D eigenvalue weighted by Crippen LogP contribution is -2.25. The van der Waals surface area contributed by atoms with Crippen LogP contribution in [0.4, 0.5) is 0 Å². The number of aromatic nitrogens is 2. The van der Waals surface area contributed by atoms with E-state index in [-0.39, 0.29) is 5.41 Å². The van der Waals surface area contributed by atoms with Crippen LogP contribution in [0.25, 0.3) is 0 Å². The Kier molecular flexibility index (Phi) is 9.40. The van der Waals surface area contributed by atoms with Gasteiger partial charge in [0, 0.05) is 17.3 Å². The number of oxime groups is 2. The summed E-state index contributed by atoms with van der Waals surface area (Å²) in [6, 6.07) is 10.1. The van der Waals surface area contributed by atoms with E-state index in [4.69, 9.17) is 9.68 Å². The molecule has 0 saturated carbocycles. The van der Waals surface area contributed by atoms with E-state index < -0.39 is 0 Å². The third-order valence-corrected chi connectivity index (χ3v) is 5.74. The molecule has 2 aromatic heterocycles. The summed E-state index contributed by atoms with van der Waals surface area (Å²) in [5, 5.41) is 8.92. The van der Waals surface area contributed by atoms with Gasteiger partial charge in [-0.15, -0.1) is 0 Å². The molecule has 0 N–H and O–H groups in total. The molecule has 1 aliphatic carbocycles. The third kappa shape index (κ3) is 7.95. The Labute approximate surface area is 198 Å². The van der Waals surface area contributed by atoms with Crippen molar-refractivity contribution in [2.45, 2.75) is 79.1 Å². The standard InChI is InChI=1S/C27H38N4O2/c1-5-6-7-8-14-24(23-13-9-10-18-28-23)30-32-19-27(3,4)20-33-31-25-15-11-12-22-17-16-21(2)29-26(22)25/h9-10,13,16-18H,5-8,11-12,14-15,19-20H2,1-4H3/b30-24-,31-25+. The Balaban J connectivity index is 1.56. The van der Waals surface area contributed by atoms with Crippen molar-refractivity contribution in [1.82, 2.24) is 9.97 Å². The van der Waals surface area contributed by atoms with Gasteiger partial charge in [0.2, 0.25) is 0 Å². The highest BCUT2D eigenvalue weighted by atomic mass is 16.6. The highest BCUT2D eigenvalue weighted by molar-refractivity contribution is 6.00. The van der Waals surface area contributed by atoms with E-state index in [9.17, 15) is 0 Å². The smallest absolute Gasteiger partial charge is 0.125 e. The zero-order chi connectivity index (χ0) is 23.5. The van der Waals surface area contributed by atoms with Crippen molar-refractivity contribution in [3.05, 3.63) is 59.2 Å². The lowest BCUT2D eigenvalue weighted by atomic mass is 9.94. The molecule has 0 fully saturated rings. The topological polar surface area (TPSA) is 69.0 Å². The molecule has 0 aliphatic heterocycles. The molecule has 0 unspecified atom stereocenters. The van der Waals surface area contributed by atoms with Crippen LogP contribution in [0.3, 0.4) is 0 Å². The SMILES string of the molecule is CCCCCC/C(=N/OCC(C)(C)CO/N=C1\CCCc2ccc(C)nc21)c1ccccn1. The summed E-state index contributed by atoms with van der Waals surface area (Å²) in [5.74, 6) is 0. The van der Waals surface area contributed by atoms with E-state index in [1.807, 2.05) is 25.1 Å². The van der Waals surface area contributed by atoms with Gasteiger partial charge in [-0.05, 0) is 62.8 Å². The van der Waals surface area contributed by atoms with Gasteiger partial charge in [-0.2, -0.15) is 0 Å². The third-order valence-electron chi connectivity index (χ3n) is 5.74. The molecule has 0 bridgehead atoms. The maximum absolute atomic E-state index is 5.79. The molecule has 33 heavy (non-hydrogen) atoms. The molecule has 0 saturated heterocycles. The Morgan fingerprint density at radius 1 is 1.03 bits per heavy atom. The number of unbranched alkanes of at least 4 members (excludes halogenated alkanes) is 3. The molecule has 0 amide bonds. The zero-order valence-electron chi connectivity index (χ0n) is 20.6. The van der Waals surface area contributed by atoms with Crippen molar-refractivity contribution >= 4 is 11.4 Å². The van der Waals surface area contributed by atoms with Gasteiger partial charge in [-0.1, -0.05) is 62.5 Å². The first-order chi connectivity index (χ1) is 16.0. The van der Waals surface area contributed by atoms with Gasteiger partial charge in [0.25, 0.3) is 0 Å². The predicted molar refractivity (Wildman–Crippen MR) is 134 cm³/mol. The van der Waals surface area contributed by atoms with Crippen molar-refractivity contribution in [2.24, 2.45) is 15.7 Å². The average Bonchev–Trinajstić information content (AvgIpc) is 2.81. The fourth-order valence-electron chi connectivity index (χ4n) is 3.78. The number of pyridine rings is 2. The summed E-state index contributed by atoms with van der Waals surface area (Å²) in [4.78, 5) is 20.7. The fourth-order valence-corrected chi connectivity index (χ4v) is 3.78. The van der Waals surface area contributed by atoms with Crippen LogP contribution < -0.4 is 0 Å². The minimum Gasteiger partial charge on any atom is -0.395 e. The molecule has 0 radical (unpaired) electrons. The van der Waals surface area contributed by atoms with Crippen molar-refractivity contribution < 1.29 is 9.68 Å². The van der Waals surface area contributed by atoms with Gasteiger partial charge in [0.1, 0.15) is 24.6 Å². The van der Waals surface area contributed by atoms with Gasteiger partial charge in [0.15, 0.2) is 0 Å². The van der Waals surface area contributed by atoms with E-state index in [1.54, 1.807) is 6.20 Å². The minimum absolute atomic E-state index is 0.234. The van der Waals surface area contributed by atoms with Gasteiger partial charge in [0.05, 0.1) is 11.4 Å². The molecule has 178 valence electrons. The van der Waals surface area contributed by atoms with Gasteiger partial charge in [-0.3, -0.25) is 9.97 Å². The first-order valence-corrected chi connectivity index (χ1v) is 12.2. The maximum atomic E-state index is 5.79. The molecule has 6 nitrogen and oxygen atoms in total. The van der Waals surface area contributed by atoms with Gasteiger partial charge < -0.3 is 9.68 Å². The van der Waals surface area contributed by atoms with E-state index in [2.05, 4.69) is 53.2 Å². The Morgan fingerprint density at radius 3 is 2.67 bits per heavy atom. The molecule has 1 aliphatic rings. The van der Waals surface area contributed by atoms with E-state index in [1.165, 1.54) is 24.8 Å². The monoisotopic (exact) mass is 450 g/mol. The van der Waals surface area contributed by atoms with Crippen molar-refractivity contribution in [3.63, 3.8) is 0 Å². The second-order valence-electron chi connectivity index (χ2n) is 9.63. The lowest BCUT2D eigenvalue weighted by molar-refractivity contribution is -0.000285. The second-order valence-corrected chi connectivity index (χ2v) is 9.63. The summed E-state index contributed by atoms with van der Waals surface area (Å²) in [6.45, 7) is 9.32. The highest BCUT2D eigenvalue weighted by Gasteiger charge is 2.22. The van der Waals surface area contributed by atoms with Gasteiger partial charge in [-0.25, -0.2) is 0 Å². The zero-order valence-corrected chi connectivity index (χ0v) is 20.6. The highest BCUT2D eigenvalue weighted by Crippen LogP contribution is 2.22. The summed E-state index contributed by atoms with van der Waals surface area (Å²) < 4.78 is 0. The normalized spacial score (nSPS) is 15.4. The number of aryl methyl sites for hydroxylation is 2. The number of nitrogens with zero attached hydrogens (tertiary/aromatic N) is 4. The molecule has 6 heteroatoms. The maximum Gasteiger partial charge on any atom is 0.125 e. The quantitative estimate of drug-likeness (QED) is 0.217. The van der Waals surface area contributed by atoms with Crippen LogP contribution in [-0.2, 0) is 16.1 Å². The Bertz CT molecular complexity index is 938. The average molecular weight is 451 g/mol. The predicted octanol–water partition coefficient (Wildman–Crippen LogP) is 6.26. The molecule has 3 rings (SSSR count). The molecule has 2 heterocycles. The van der Waals surface area contributed by atoms with Gasteiger partial charge >= 0.3 is 0 Å². The first kappa shape index (κ1) is 24.9. The molecule has 0 aromatic carbocycles. The van der Waals surface area contributed by atoms with Crippen molar-refractivity contribution in [3.8, 4) is 0 Å². The molecular formula is C27H38N4O2. The van der Waals surface area contributed by atoms with Crippen LogP contribution in [-0.4, -0.2) is 34.6 Å². The lowest BCUT2D eigenvalue weighted by Gasteiger charge is -2.22. The van der Waals surface area contributed by atoms with Crippen molar-refractivity contribution in [1.29, 1.82) is 0 Å². The summed E-state index contributed by atoms with van der Waals surface area (Å²) in [5.41, 5.74) is 5.75. The summed E-state index contributed by atoms with van der Waals surface area (Å²) >= 11 is 0.